The molecule has 0 saturated carbocycles. The van der Waals surface area contributed by atoms with Gasteiger partial charge in [0.25, 0.3) is 0 Å². The summed E-state index contributed by atoms with van der Waals surface area (Å²) in [6, 6.07) is 11.4. The van der Waals surface area contributed by atoms with Crippen molar-refractivity contribution in [3.63, 3.8) is 0 Å². The number of hydrogen-bond donors (Lipinski definition) is 2. The highest BCUT2D eigenvalue weighted by Gasteiger charge is 1.97. The van der Waals surface area contributed by atoms with E-state index in [1.807, 2.05) is 36.4 Å². The number of rotatable bonds is 5. The number of nitrogens with one attached hydrogen (secondary N) is 1. The molecule has 1 aromatic heterocycles. The van der Waals surface area contributed by atoms with Crippen molar-refractivity contribution in [3.05, 3.63) is 66.0 Å². The molecular formula is C16H17N3O. The maximum absolute atomic E-state index is 11.6. The van der Waals surface area contributed by atoms with Crippen LogP contribution in [-0.2, 0) is 11.2 Å². The minimum Gasteiger partial charge on any atom is -0.399 e. The van der Waals surface area contributed by atoms with Crippen molar-refractivity contribution in [1.29, 1.82) is 0 Å². The number of aromatic nitrogens is 1. The summed E-state index contributed by atoms with van der Waals surface area (Å²) in [6.45, 7) is 0.583. The van der Waals surface area contributed by atoms with Crippen LogP contribution in [0.5, 0.6) is 0 Å². The number of benzene rings is 1. The maximum Gasteiger partial charge on any atom is 0.244 e. The van der Waals surface area contributed by atoms with Gasteiger partial charge >= 0.3 is 0 Å². The molecular weight excluding hydrogens is 250 g/mol. The molecule has 2 aromatic rings. The van der Waals surface area contributed by atoms with E-state index < -0.39 is 0 Å². The van der Waals surface area contributed by atoms with E-state index in [4.69, 9.17) is 5.73 Å². The van der Waals surface area contributed by atoms with Crippen molar-refractivity contribution in [2.75, 3.05) is 12.3 Å². The molecule has 0 spiro atoms. The third-order valence-corrected chi connectivity index (χ3v) is 2.78. The van der Waals surface area contributed by atoms with Gasteiger partial charge in [0.2, 0.25) is 5.91 Å². The minimum absolute atomic E-state index is 0.113. The second kappa shape index (κ2) is 7.09. The van der Waals surface area contributed by atoms with E-state index in [-0.39, 0.29) is 5.91 Å². The second-order valence-electron chi connectivity index (χ2n) is 4.41. The van der Waals surface area contributed by atoms with E-state index in [1.165, 1.54) is 6.08 Å². The zero-order chi connectivity index (χ0) is 14.2. The van der Waals surface area contributed by atoms with Gasteiger partial charge in [-0.1, -0.05) is 18.2 Å². The van der Waals surface area contributed by atoms with Gasteiger partial charge < -0.3 is 11.1 Å². The van der Waals surface area contributed by atoms with Crippen molar-refractivity contribution >= 4 is 17.7 Å². The molecule has 0 unspecified atom stereocenters. The Morgan fingerprint density at radius 3 is 2.95 bits per heavy atom. The summed E-state index contributed by atoms with van der Waals surface area (Å²) in [7, 11) is 0. The molecule has 0 atom stereocenters. The lowest BCUT2D eigenvalue weighted by Gasteiger charge is -2.03. The topological polar surface area (TPSA) is 68.0 Å². The Hall–Kier alpha value is -2.62. The van der Waals surface area contributed by atoms with Crippen LogP contribution in [0, 0.1) is 0 Å². The quantitative estimate of drug-likeness (QED) is 0.643. The molecule has 0 aliphatic carbocycles. The number of carbonyl (C=O) groups excluding carboxylic acids is 1. The summed E-state index contributed by atoms with van der Waals surface area (Å²) >= 11 is 0. The van der Waals surface area contributed by atoms with Crippen LogP contribution in [0.3, 0.4) is 0 Å². The van der Waals surface area contributed by atoms with E-state index in [0.717, 1.165) is 23.2 Å². The third kappa shape index (κ3) is 4.57. The number of nitrogens with two attached hydrogens (primary N) is 1. The van der Waals surface area contributed by atoms with Crippen LogP contribution < -0.4 is 11.1 Å². The normalized spacial score (nSPS) is 10.6. The number of hydrogen-bond acceptors (Lipinski definition) is 3. The van der Waals surface area contributed by atoms with Gasteiger partial charge in [-0.3, -0.25) is 9.78 Å². The SMILES string of the molecule is Nc1cccc(CCNC(=O)/C=C/c2cccnc2)c1. The molecule has 102 valence electrons. The zero-order valence-electron chi connectivity index (χ0n) is 11.1. The van der Waals surface area contributed by atoms with Gasteiger partial charge in [-0.25, -0.2) is 0 Å². The second-order valence-corrected chi connectivity index (χ2v) is 4.41. The average Bonchev–Trinajstić information content (AvgIpc) is 2.46. The lowest BCUT2D eigenvalue weighted by molar-refractivity contribution is -0.116. The highest BCUT2D eigenvalue weighted by atomic mass is 16.1. The van der Waals surface area contributed by atoms with E-state index in [1.54, 1.807) is 18.5 Å². The van der Waals surface area contributed by atoms with Crippen molar-refractivity contribution < 1.29 is 4.79 Å². The maximum atomic E-state index is 11.6. The average molecular weight is 267 g/mol. The monoisotopic (exact) mass is 267 g/mol. The number of nitrogens with zero attached hydrogens (tertiary/aromatic N) is 1. The number of amides is 1. The van der Waals surface area contributed by atoms with Crippen LogP contribution in [0.25, 0.3) is 6.08 Å². The Bertz CT molecular complexity index is 594. The highest BCUT2D eigenvalue weighted by Crippen LogP contribution is 2.06. The van der Waals surface area contributed by atoms with E-state index in [0.29, 0.717) is 6.54 Å². The summed E-state index contributed by atoms with van der Waals surface area (Å²) in [4.78, 5) is 15.6. The fraction of sp³-hybridized carbons (Fsp3) is 0.125. The first-order valence-corrected chi connectivity index (χ1v) is 6.44. The molecule has 4 nitrogen and oxygen atoms in total. The Labute approximate surface area is 118 Å². The number of carbonyl (C=O) groups is 1. The van der Waals surface area contributed by atoms with Gasteiger partial charge in [0.05, 0.1) is 0 Å². The van der Waals surface area contributed by atoms with Crippen LogP contribution in [0.1, 0.15) is 11.1 Å². The van der Waals surface area contributed by atoms with Crippen LogP contribution in [0.2, 0.25) is 0 Å². The Morgan fingerprint density at radius 1 is 1.30 bits per heavy atom. The minimum atomic E-state index is -0.113. The zero-order valence-corrected chi connectivity index (χ0v) is 11.1. The predicted molar refractivity (Wildman–Crippen MR) is 80.8 cm³/mol. The van der Waals surface area contributed by atoms with Crippen molar-refractivity contribution in [1.82, 2.24) is 10.3 Å². The first-order chi connectivity index (χ1) is 9.74. The number of anilines is 1. The molecule has 20 heavy (non-hydrogen) atoms. The van der Waals surface area contributed by atoms with Gasteiger partial charge in [-0.2, -0.15) is 0 Å². The van der Waals surface area contributed by atoms with Crippen molar-refractivity contribution in [2.45, 2.75) is 6.42 Å². The summed E-state index contributed by atoms with van der Waals surface area (Å²) in [5, 5.41) is 2.83. The summed E-state index contributed by atoms with van der Waals surface area (Å²) in [5.74, 6) is -0.113. The first kappa shape index (κ1) is 13.8. The van der Waals surface area contributed by atoms with Crippen LogP contribution in [0.15, 0.2) is 54.9 Å². The molecule has 1 aromatic carbocycles. The van der Waals surface area contributed by atoms with E-state index >= 15 is 0 Å². The smallest absolute Gasteiger partial charge is 0.244 e. The fourth-order valence-electron chi connectivity index (χ4n) is 1.78. The molecule has 0 aliphatic rings. The Kier molecular flexibility index (Phi) is 4.89. The number of pyridine rings is 1. The summed E-state index contributed by atoms with van der Waals surface area (Å²) < 4.78 is 0. The van der Waals surface area contributed by atoms with Gasteiger partial charge in [-0.15, -0.1) is 0 Å². The first-order valence-electron chi connectivity index (χ1n) is 6.44. The molecule has 4 heteroatoms. The Morgan fingerprint density at radius 2 is 2.20 bits per heavy atom. The van der Waals surface area contributed by atoms with Crippen LogP contribution in [-0.4, -0.2) is 17.4 Å². The van der Waals surface area contributed by atoms with Gasteiger partial charge in [0.1, 0.15) is 0 Å². The number of nitrogen functional groups attached to an aromatic ring is 1. The lowest BCUT2D eigenvalue weighted by atomic mass is 10.1. The van der Waals surface area contributed by atoms with Gasteiger partial charge in [-0.05, 0) is 41.8 Å². The van der Waals surface area contributed by atoms with Gasteiger partial charge in [0, 0.05) is 30.7 Å². The molecule has 2 rings (SSSR count). The molecule has 0 saturated heterocycles. The van der Waals surface area contributed by atoms with Crippen molar-refractivity contribution in [3.8, 4) is 0 Å². The predicted octanol–water partition coefficient (Wildman–Crippen LogP) is 2.04. The lowest BCUT2D eigenvalue weighted by Crippen LogP contribution is -2.23. The fourth-order valence-corrected chi connectivity index (χ4v) is 1.78. The van der Waals surface area contributed by atoms with Crippen LogP contribution in [0.4, 0.5) is 5.69 Å². The third-order valence-electron chi connectivity index (χ3n) is 2.78. The van der Waals surface area contributed by atoms with Gasteiger partial charge in [0.15, 0.2) is 0 Å². The standard InChI is InChI=1S/C16H17N3O/c17-15-5-1-3-13(11-15)8-10-19-16(20)7-6-14-4-2-9-18-12-14/h1-7,9,11-12H,8,10,17H2,(H,19,20)/b7-6+. The highest BCUT2D eigenvalue weighted by molar-refractivity contribution is 5.91. The Balaban J connectivity index is 1.77. The molecule has 1 heterocycles. The molecule has 0 fully saturated rings. The molecule has 0 aliphatic heterocycles. The molecule has 0 bridgehead atoms. The summed E-state index contributed by atoms with van der Waals surface area (Å²) in [5.41, 5.74) is 8.45. The molecule has 1 amide bonds. The van der Waals surface area contributed by atoms with Crippen molar-refractivity contribution in [2.24, 2.45) is 0 Å². The van der Waals surface area contributed by atoms with E-state index in [9.17, 15) is 4.79 Å². The largest absolute Gasteiger partial charge is 0.399 e. The molecule has 3 N–H and O–H groups in total. The summed E-state index contributed by atoms with van der Waals surface area (Å²) in [6.07, 6.45) is 7.41. The molecule has 0 radical (unpaired) electrons. The van der Waals surface area contributed by atoms with Crippen LogP contribution >= 0.6 is 0 Å². The van der Waals surface area contributed by atoms with E-state index in [2.05, 4.69) is 10.3 Å².